The molecule has 9 nitrogen and oxygen atoms in total. The fraction of sp³-hybridized carbons (Fsp3) is 0.450. The van der Waals surface area contributed by atoms with E-state index in [9.17, 15) is 18.0 Å². The third kappa shape index (κ3) is 4.71. The van der Waals surface area contributed by atoms with Gasteiger partial charge in [-0.05, 0) is 51.8 Å². The molecule has 3 rings (SSSR count). The number of nitrogens with zero attached hydrogens (tertiary/aromatic N) is 3. The van der Waals surface area contributed by atoms with Gasteiger partial charge in [0.25, 0.3) is 5.91 Å². The van der Waals surface area contributed by atoms with Crippen LogP contribution in [0.15, 0.2) is 41.4 Å². The van der Waals surface area contributed by atoms with E-state index in [4.69, 9.17) is 4.74 Å². The number of anilines is 1. The first kappa shape index (κ1) is 22.0. The quantitative estimate of drug-likeness (QED) is 0.670. The van der Waals surface area contributed by atoms with Crippen molar-refractivity contribution in [3.63, 3.8) is 0 Å². The van der Waals surface area contributed by atoms with Crippen molar-refractivity contribution >= 4 is 27.7 Å². The van der Waals surface area contributed by atoms with Crippen molar-refractivity contribution in [2.45, 2.75) is 50.7 Å². The maximum absolute atomic E-state index is 12.7. The molecule has 1 aromatic heterocycles. The number of esters is 1. The summed E-state index contributed by atoms with van der Waals surface area (Å²) in [5.74, 6) is -0.781. The van der Waals surface area contributed by atoms with Crippen LogP contribution in [0.3, 0.4) is 0 Å². The van der Waals surface area contributed by atoms with Crippen LogP contribution in [0.5, 0.6) is 0 Å². The molecule has 1 amide bonds. The van der Waals surface area contributed by atoms with Crippen molar-refractivity contribution in [2.24, 2.45) is 0 Å². The number of aromatic nitrogens is 2. The van der Waals surface area contributed by atoms with E-state index >= 15 is 0 Å². The highest BCUT2D eigenvalue weighted by atomic mass is 32.2. The number of ether oxygens (including phenoxy) is 1. The number of hydrogen-bond donors (Lipinski definition) is 1. The minimum atomic E-state index is -3.65. The molecule has 10 heteroatoms. The van der Waals surface area contributed by atoms with Crippen LogP contribution < -0.4 is 5.32 Å². The van der Waals surface area contributed by atoms with E-state index in [2.05, 4.69) is 10.4 Å². The molecule has 2 heterocycles. The molecule has 0 unspecified atom stereocenters. The van der Waals surface area contributed by atoms with E-state index in [-0.39, 0.29) is 16.5 Å². The molecule has 1 N–H and O–H groups in total. The van der Waals surface area contributed by atoms with Crippen molar-refractivity contribution in [1.29, 1.82) is 0 Å². The lowest BCUT2D eigenvalue weighted by Gasteiger charge is -2.17. The molecule has 1 fully saturated rings. The summed E-state index contributed by atoms with van der Waals surface area (Å²) in [6.45, 7) is 6.25. The second kappa shape index (κ2) is 8.97. The normalized spacial score (nSPS) is 15.9. The smallest absolute Gasteiger partial charge is 0.338 e. The Balaban J connectivity index is 1.68. The van der Waals surface area contributed by atoms with Crippen molar-refractivity contribution in [3.8, 4) is 0 Å². The SMILES string of the molecule is CC(C)n1nccc1NC(=O)[C@@H](C)OC(=O)c1cccc(S(=O)(=O)N2CCCC2)c1. The van der Waals surface area contributed by atoms with Gasteiger partial charge in [0.2, 0.25) is 10.0 Å². The number of nitrogens with one attached hydrogen (secondary N) is 1. The molecule has 1 aromatic carbocycles. The van der Waals surface area contributed by atoms with Crippen LogP contribution in [-0.4, -0.2) is 53.6 Å². The number of carbonyl (C=O) groups is 2. The van der Waals surface area contributed by atoms with Crippen LogP contribution >= 0.6 is 0 Å². The molecule has 1 atom stereocenters. The van der Waals surface area contributed by atoms with Crippen LogP contribution in [0.1, 0.15) is 50.0 Å². The monoisotopic (exact) mass is 434 g/mol. The molecular weight excluding hydrogens is 408 g/mol. The lowest BCUT2D eigenvalue weighted by Crippen LogP contribution is -2.31. The lowest BCUT2D eigenvalue weighted by molar-refractivity contribution is -0.123. The number of benzene rings is 1. The first-order chi connectivity index (χ1) is 14.2. The van der Waals surface area contributed by atoms with Gasteiger partial charge in [-0.15, -0.1) is 0 Å². The second-order valence-electron chi connectivity index (χ2n) is 7.43. The standard InChI is InChI=1S/C20H26N4O5S/c1-14(2)24-18(9-10-21-24)22-19(25)15(3)29-20(26)16-7-6-8-17(13-16)30(27,28)23-11-4-5-12-23/h6-10,13-15H,4-5,11-12H2,1-3H3,(H,22,25)/t15-/m1/s1. The molecule has 162 valence electrons. The summed E-state index contributed by atoms with van der Waals surface area (Å²) in [7, 11) is -3.65. The third-order valence-corrected chi connectivity index (χ3v) is 6.73. The van der Waals surface area contributed by atoms with E-state index in [0.29, 0.717) is 18.9 Å². The van der Waals surface area contributed by atoms with E-state index in [1.807, 2.05) is 13.8 Å². The number of hydrogen-bond acceptors (Lipinski definition) is 6. The molecule has 1 aliphatic rings. The van der Waals surface area contributed by atoms with Gasteiger partial charge in [0.1, 0.15) is 5.82 Å². The van der Waals surface area contributed by atoms with Gasteiger partial charge in [0.15, 0.2) is 6.10 Å². The fourth-order valence-electron chi connectivity index (χ4n) is 3.20. The average Bonchev–Trinajstić information content (AvgIpc) is 3.40. The number of carbonyl (C=O) groups excluding carboxylic acids is 2. The third-order valence-electron chi connectivity index (χ3n) is 4.84. The minimum Gasteiger partial charge on any atom is -0.449 e. The van der Waals surface area contributed by atoms with Gasteiger partial charge in [-0.2, -0.15) is 9.40 Å². The van der Waals surface area contributed by atoms with Gasteiger partial charge in [-0.25, -0.2) is 17.9 Å². The average molecular weight is 435 g/mol. The van der Waals surface area contributed by atoms with E-state index in [0.717, 1.165) is 12.8 Å². The highest BCUT2D eigenvalue weighted by Gasteiger charge is 2.28. The summed E-state index contributed by atoms with van der Waals surface area (Å²) in [6.07, 6.45) is 2.14. The molecule has 0 radical (unpaired) electrons. The Bertz CT molecular complexity index is 1030. The van der Waals surface area contributed by atoms with Crippen molar-refractivity contribution in [3.05, 3.63) is 42.1 Å². The van der Waals surface area contributed by atoms with Crippen molar-refractivity contribution in [1.82, 2.24) is 14.1 Å². The summed E-state index contributed by atoms with van der Waals surface area (Å²) in [5, 5.41) is 6.82. The van der Waals surface area contributed by atoms with Crippen molar-refractivity contribution in [2.75, 3.05) is 18.4 Å². The number of amides is 1. The Labute approximate surface area is 176 Å². The Morgan fingerprint density at radius 3 is 2.50 bits per heavy atom. The summed E-state index contributed by atoms with van der Waals surface area (Å²) in [6, 6.07) is 7.39. The second-order valence-corrected chi connectivity index (χ2v) is 9.37. The van der Waals surface area contributed by atoms with Gasteiger partial charge >= 0.3 is 5.97 Å². The number of sulfonamides is 1. The Morgan fingerprint density at radius 2 is 1.83 bits per heavy atom. The minimum absolute atomic E-state index is 0.0387. The van der Waals surface area contributed by atoms with Crippen LogP contribution in [0, 0.1) is 0 Å². The predicted molar refractivity (Wildman–Crippen MR) is 111 cm³/mol. The molecular formula is C20H26N4O5S. The van der Waals surface area contributed by atoms with E-state index in [1.54, 1.807) is 16.9 Å². The highest BCUT2D eigenvalue weighted by Crippen LogP contribution is 2.22. The van der Waals surface area contributed by atoms with Gasteiger partial charge < -0.3 is 10.1 Å². The summed E-state index contributed by atoms with van der Waals surface area (Å²) < 4.78 is 33.7. The Hall–Kier alpha value is -2.72. The van der Waals surface area contributed by atoms with Crippen molar-refractivity contribution < 1.29 is 22.7 Å². The largest absolute Gasteiger partial charge is 0.449 e. The molecule has 1 aliphatic heterocycles. The zero-order valence-electron chi connectivity index (χ0n) is 17.2. The molecule has 30 heavy (non-hydrogen) atoms. The van der Waals surface area contributed by atoms with Gasteiger partial charge in [-0.3, -0.25) is 4.79 Å². The fourth-order valence-corrected chi connectivity index (χ4v) is 4.76. The molecule has 1 saturated heterocycles. The van der Waals surface area contributed by atoms with E-state index in [1.165, 1.54) is 35.5 Å². The molecule has 0 bridgehead atoms. The topological polar surface area (TPSA) is 111 Å². The molecule has 0 spiro atoms. The maximum atomic E-state index is 12.7. The first-order valence-corrected chi connectivity index (χ1v) is 11.3. The van der Waals surface area contributed by atoms with Gasteiger partial charge in [-0.1, -0.05) is 6.07 Å². The van der Waals surface area contributed by atoms with Crippen LogP contribution in [0.25, 0.3) is 0 Å². The predicted octanol–water partition coefficient (Wildman–Crippen LogP) is 2.43. The van der Waals surface area contributed by atoms with Crippen LogP contribution in [0.4, 0.5) is 5.82 Å². The van der Waals surface area contributed by atoms with Crippen LogP contribution in [-0.2, 0) is 19.6 Å². The van der Waals surface area contributed by atoms with E-state index < -0.39 is 28.0 Å². The molecule has 0 saturated carbocycles. The molecule has 2 aromatic rings. The Morgan fingerprint density at radius 1 is 1.13 bits per heavy atom. The first-order valence-electron chi connectivity index (χ1n) is 9.85. The lowest BCUT2D eigenvalue weighted by atomic mass is 10.2. The zero-order valence-corrected chi connectivity index (χ0v) is 18.1. The summed E-state index contributed by atoms with van der Waals surface area (Å²) in [4.78, 5) is 25.0. The Kier molecular flexibility index (Phi) is 6.57. The maximum Gasteiger partial charge on any atom is 0.338 e. The van der Waals surface area contributed by atoms with Crippen LogP contribution in [0.2, 0.25) is 0 Å². The zero-order chi connectivity index (χ0) is 21.9. The summed E-state index contributed by atoms with van der Waals surface area (Å²) >= 11 is 0. The van der Waals surface area contributed by atoms with Gasteiger partial charge in [0, 0.05) is 25.2 Å². The highest BCUT2D eigenvalue weighted by molar-refractivity contribution is 7.89. The number of rotatable bonds is 7. The molecule has 0 aliphatic carbocycles. The van der Waals surface area contributed by atoms with Gasteiger partial charge in [0.05, 0.1) is 16.7 Å². The summed E-state index contributed by atoms with van der Waals surface area (Å²) in [5.41, 5.74) is 0.0714.